The quantitative estimate of drug-likeness (QED) is 0.469. The molecule has 0 saturated carbocycles. The highest BCUT2D eigenvalue weighted by Crippen LogP contribution is 2.39. The summed E-state index contributed by atoms with van der Waals surface area (Å²) in [6.07, 6.45) is 0.613. The molecule has 2 aromatic carbocycles. The molecule has 0 bridgehead atoms. The summed E-state index contributed by atoms with van der Waals surface area (Å²) in [5.41, 5.74) is -0.655. The minimum atomic E-state index is -1.11. The van der Waals surface area contributed by atoms with Gasteiger partial charge in [0.15, 0.2) is 0 Å². The van der Waals surface area contributed by atoms with E-state index in [9.17, 15) is 24.5 Å². The average Bonchev–Trinajstić information content (AvgIpc) is 2.65. The van der Waals surface area contributed by atoms with E-state index in [1.165, 1.54) is 12.1 Å². The topological polar surface area (TPSA) is 118 Å². The van der Waals surface area contributed by atoms with E-state index in [2.05, 4.69) is 10.6 Å². The number of carbonyl (C=O) groups is 3. The maximum absolute atomic E-state index is 12.3. The smallest absolute Gasteiger partial charge is 0.305 e. The molecule has 0 saturated heterocycles. The second-order valence-corrected chi connectivity index (χ2v) is 7.08. The van der Waals surface area contributed by atoms with Gasteiger partial charge >= 0.3 is 5.69 Å². The van der Waals surface area contributed by atoms with Gasteiger partial charge in [-0.25, -0.2) is 0 Å². The molecule has 0 aliphatic carbocycles. The van der Waals surface area contributed by atoms with Crippen LogP contribution in [-0.2, 0) is 21.4 Å². The van der Waals surface area contributed by atoms with Crippen LogP contribution in [0.3, 0.4) is 0 Å². The fourth-order valence-corrected chi connectivity index (χ4v) is 3.19. The predicted molar refractivity (Wildman–Crippen MR) is 102 cm³/mol. The van der Waals surface area contributed by atoms with Crippen LogP contribution in [0.1, 0.15) is 41.8 Å². The molecular weight excluding hydrogens is 362 g/mol. The molecule has 144 valence electrons. The first kappa shape index (κ1) is 19.2. The van der Waals surface area contributed by atoms with Crippen LogP contribution in [0.25, 0.3) is 0 Å². The Morgan fingerprint density at radius 1 is 1.14 bits per heavy atom. The van der Waals surface area contributed by atoms with Gasteiger partial charge in [-0.2, -0.15) is 0 Å². The van der Waals surface area contributed by atoms with E-state index >= 15 is 0 Å². The lowest BCUT2D eigenvalue weighted by atomic mass is 9.77. The Morgan fingerprint density at radius 2 is 1.82 bits per heavy atom. The predicted octanol–water partition coefficient (Wildman–Crippen LogP) is 2.71. The molecule has 0 atom stereocenters. The van der Waals surface area contributed by atoms with Gasteiger partial charge in [0, 0.05) is 6.42 Å². The number of imide groups is 1. The number of carbonyl (C=O) groups excluding carboxylic acids is 3. The highest BCUT2D eigenvalue weighted by Gasteiger charge is 2.44. The van der Waals surface area contributed by atoms with Crippen LogP contribution in [0.15, 0.2) is 42.5 Å². The van der Waals surface area contributed by atoms with Gasteiger partial charge in [0.05, 0.1) is 10.3 Å². The lowest BCUT2D eigenvalue weighted by Crippen LogP contribution is -2.49. The number of nitro benzene ring substituents is 1. The van der Waals surface area contributed by atoms with Gasteiger partial charge in [-0.05, 0) is 37.5 Å². The summed E-state index contributed by atoms with van der Waals surface area (Å²) in [7, 11) is 0. The van der Waals surface area contributed by atoms with Crippen LogP contribution in [-0.4, -0.2) is 22.6 Å². The molecule has 2 aromatic rings. The molecule has 0 unspecified atom stereocenters. The van der Waals surface area contributed by atoms with Crippen LogP contribution >= 0.6 is 0 Å². The van der Waals surface area contributed by atoms with Gasteiger partial charge < -0.3 is 5.32 Å². The Hall–Kier alpha value is -3.55. The minimum absolute atomic E-state index is 0.0675. The number of nitrogens with one attached hydrogen (secondary N) is 2. The lowest BCUT2D eigenvalue weighted by molar-refractivity contribution is -0.384. The summed E-state index contributed by atoms with van der Waals surface area (Å²) in [6, 6.07) is 12.2. The second-order valence-electron chi connectivity index (χ2n) is 7.08. The standard InChI is InChI=1S/C20H19N3O5/c1-20(2)13-9-10-14(17(23(27)28)16(13)18(25)22-19(20)26)21-15(24)11-8-12-6-4-3-5-7-12/h3-7,9-10H,8,11H2,1-2H3,(H,21,24)(H,22,25,26). The first-order chi connectivity index (χ1) is 13.2. The average molecular weight is 381 g/mol. The van der Waals surface area contributed by atoms with E-state index in [1.54, 1.807) is 13.8 Å². The van der Waals surface area contributed by atoms with Crippen molar-refractivity contribution >= 4 is 29.1 Å². The van der Waals surface area contributed by atoms with E-state index < -0.39 is 33.7 Å². The number of amides is 3. The maximum Gasteiger partial charge on any atom is 0.305 e. The van der Waals surface area contributed by atoms with E-state index in [4.69, 9.17) is 0 Å². The first-order valence-corrected chi connectivity index (χ1v) is 8.73. The number of aryl methyl sites for hydroxylation is 1. The van der Waals surface area contributed by atoms with E-state index in [0.717, 1.165) is 5.56 Å². The molecule has 8 heteroatoms. The molecule has 2 N–H and O–H groups in total. The number of anilines is 1. The third-order valence-electron chi connectivity index (χ3n) is 4.81. The maximum atomic E-state index is 12.3. The highest BCUT2D eigenvalue weighted by molar-refractivity contribution is 6.16. The molecule has 0 spiro atoms. The number of nitrogens with zero attached hydrogens (tertiary/aromatic N) is 1. The van der Waals surface area contributed by atoms with Crippen molar-refractivity contribution in [2.45, 2.75) is 32.1 Å². The van der Waals surface area contributed by atoms with Crippen molar-refractivity contribution in [2.75, 3.05) is 5.32 Å². The van der Waals surface area contributed by atoms with Crippen molar-refractivity contribution < 1.29 is 19.3 Å². The Morgan fingerprint density at radius 3 is 2.46 bits per heavy atom. The Balaban J connectivity index is 1.91. The Bertz CT molecular complexity index is 983. The highest BCUT2D eigenvalue weighted by atomic mass is 16.6. The van der Waals surface area contributed by atoms with E-state index in [-0.39, 0.29) is 23.2 Å². The number of nitro groups is 1. The minimum Gasteiger partial charge on any atom is -0.320 e. The summed E-state index contributed by atoms with van der Waals surface area (Å²) in [6.45, 7) is 3.16. The molecule has 28 heavy (non-hydrogen) atoms. The van der Waals surface area contributed by atoms with Gasteiger partial charge in [0.25, 0.3) is 5.91 Å². The number of fused-ring (bicyclic) bond motifs is 1. The summed E-state index contributed by atoms with van der Waals surface area (Å²) in [4.78, 5) is 47.7. The molecule has 0 fully saturated rings. The van der Waals surface area contributed by atoms with Crippen molar-refractivity contribution in [2.24, 2.45) is 0 Å². The summed E-state index contributed by atoms with van der Waals surface area (Å²) in [5, 5.41) is 16.4. The van der Waals surface area contributed by atoms with Crippen molar-refractivity contribution in [3.05, 3.63) is 69.3 Å². The third kappa shape index (κ3) is 3.48. The van der Waals surface area contributed by atoms with Gasteiger partial charge in [-0.15, -0.1) is 0 Å². The van der Waals surface area contributed by atoms with Crippen molar-refractivity contribution in [3.63, 3.8) is 0 Å². The fourth-order valence-electron chi connectivity index (χ4n) is 3.19. The summed E-state index contributed by atoms with van der Waals surface area (Å²) < 4.78 is 0. The van der Waals surface area contributed by atoms with Crippen LogP contribution < -0.4 is 10.6 Å². The largest absolute Gasteiger partial charge is 0.320 e. The number of rotatable bonds is 5. The number of benzene rings is 2. The molecule has 3 amide bonds. The zero-order valence-corrected chi connectivity index (χ0v) is 15.4. The Kier molecular flexibility index (Phi) is 4.96. The van der Waals surface area contributed by atoms with Crippen LogP contribution in [0, 0.1) is 10.1 Å². The number of hydrogen-bond donors (Lipinski definition) is 2. The van der Waals surface area contributed by atoms with Crippen LogP contribution in [0.4, 0.5) is 11.4 Å². The van der Waals surface area contributed by atoms with Crippen molar-refractivity contribution in [3.8, 4) is 0 Å². The molecule has 8 nitrogen and oxygen atoms in total. The molecule has 3 rings (SSSR count). The molecule has 1 aliphatic rings. The summed E-state index contributed by atoms with van der Waals surface area (Å²) in [5.74, 6) is -1.77. The van der Waals surface area contributed by atoms with Gasteiger partial charge in [-0.1, -0.05) is 36.4 Å². The zero-order valence-electron chi connectivity index (χ0n) is 15.4. The van der Waals surface area contributed by atoms with Gasteiger partial charge in [0.2, 0.25) is 11.8 Å². The third-order valence-corrected chi connectivity index (χ3v) is 4.81. The summed E-state index contributed by atoms with van der Waals surface area (Å²) >= 11 is 0. The Labute approximate surface area is 161 Å². The van der Waals surface area contributed by atoms with Crippen LogP contribution in [0.5, 0.6) is 0 Å². The molecular formula is C20H19N3O5. The molecule has 1 heterocycles. The van der Waals surface area contributed by atoms with E-state index in [0.29, 0.717) is 6.42 Å². The van der Waals surface area contributed by atoms with E-state index in [1.807, 2.05) is 30.3 Å². The number of hydrogen-bond acceptors (Lipinski definition) is 5. The van der Waals surface area contributed by atoms with Crippen LogP contribution in [0.2, 0.25) is 0 Å². The normalized spacial score (nSPS) is 14.8. The first-order valence-electron chi connectivity index (χ1n) is 8.73. The molecule has 1 aliphatic heterocycles. The van der Waals surface area contributed by atoms with Gasteiger partial charge in [0.1, 0.15) is 11.3 Å². The zero-order chi connectivity index (χ0) is 20.5. The second kappa shape index (κ2) is 7.22. The van der Waals surface area contributed by atoms with Gasteiger partial charge in [-0.3, -0.25) is 29.8 Å². The lowest BCUT2D eigenvalue weighted by Gasteiger charge is -2.30. The van der Waals surface area contributed by atoms with Crippen molar-refractivity contribution in [1.82, 2.24) is 5.32 Å². The molecule has 0 radical (unpaired) electrons. The fraction of sp³-hybridized carbons (Fsp3) is 0.250. The molecule has 0 aromatic heterocycles. The monoisotopic (exact) mass is 381 g/mol. The SMILES string of the molecule is CC1(C)C(=O)NC(=O)c2c1ccc(NC(=O)CCc1ccccc1)c2[N+](=O)[O-]. The van der Waals surface area contributed by atoms with Crippen molar-refractivity contribution in [1.29, 1.82) is 0 Å².